The van der Waals surface area contributed by atoms with Crippen molar-refractivity contribution in [2.45, 2.75) is 43.5 Å². The molecule has 0 spiro atoms. The van der Waals surface area contributed by atoms with Crippen molar-refractivity contribution in [2.75, 3.05) is 7.11 Å². The first-order valence-corrected chi connectivity index (χ1v) is 8.66. The lowest BCUT2D eigenvalue weighted by atomic mass is 9.87. The Kier molecular flexibility index (Phi) is 4.94. The van der Waals surface area contributed by atoms with Crippen LogP contribution >= 0.6 is 11.6 Å². The average Bonchev–Trinajstić information content (AvgIpc) is 2.41. The number of ether oxygens (including phenoxy) is 1. The van der Waals surface area contributed by atoms with Gasteiger partial charge >= 0.3 is 0 Å². The van der Waals surface area contributed by atoms with Crippen molar-refractivity contribution in [1.29, 1.82) is 0 Å². The van der Waals surface area contributed by atoms with Gasteiger partial charge in [0.15, 0.2) is 0 Å². The predicted octanol–water partition coefficient (Wildman–Crippen LogP) is 3.21. The summed E-state index contributed by atoms with van der Waals surface area (Å²) in [5.41, 5.74) is 0. The fourth-order valence-corrected chi connectivity index (χ4v) is 4.43. The molecule has 2 unspecified atom stereocenters. The van der Waals surface area contributed by atoms with Crippen LogP contribution in [0.5, 0.6) is 5.75 Å². The van der Waals surface area contributed by atoms with Crippen LogP contribution in [0.1, 0.15) is 32.6 Å². The minimum atomic E-state index is -3.62. The van der Waals surface area contributed by atoms with Crippen LogP contribution in [-0.4, -0.2) is 21.6 Å². The van der Waals surface area contributed by atoms with Crippen LogP contribution in [0.2, 0.25) is 5.02 Å². The fourth-order valence-electron chi connectivity index (χ4n) is 2.61. The van der Waals surface area contributed by atoms with E-state index in [1.165, 1.54) is 19.6 Å². The standard InChI is InChI=1S/C14H20ClNO3S/c1-10-5-3-4-6-12(10)16-20(17,18)14-9-11(15)7-8-13(14)19-2/h7-10,12,16H,3-6H2,1-2H3. The van der Waals surface area contributed by atoms with Gasteiger partial charge in [-0.15, -0.1) is 0 Å². The van der Waals surface area contributed by atoms with Crippen LogP contribution in [0.3, 0.4) is 0 Å². The number of methoxy groups -OCH3 is 1. The third kappa shape index (κ3) is 3.45. The minimum absolute atomic E-state index is 0.0163. The Bertz CT molecular complexity index is 574. The van der Waals surface area contributed by atoms with E-state index in [4.69, 9.17) is 16.3 Å². The largest absolute Gasteiger partial charge is 0.495 e. The molecule has 1 saturated carbocycles. The van der Waals surface area contributed by atoms with Gasteiger partial charge in [-0.2, -0.15) is 0 Å². The molecule has 6 heteroatoms. The van der Waals surface area contributed by atoms with Crippen molar-refractivity contribution in [2.24, 2.45) is 5.92 Å². The highest BCUT2D eigenvalue weighted by molar-refractivity contribution is 7.89. The van der Waals surface area contributed by atoms with Crippen LogP contribution < -0.4 is 9.46 Å². The Morgan fingerprint density at radius 2 is 2.00 bits per heavy atom. The number of nitrogens with one attached hydrogen (secondary N) is 1. The summed E-state index contributed by atoms with van der Waals surface area (Å²) < 4.78 is 33.0. The molecule has 1 aliphatic carbocycles. The second kappa shape index (κ2) is 6.33. The molecule has 1 fully saturated rings. The van der Waals surface area contributed by atoms with E-state index in [-0.39, 0.29) is 10.9 Å². The van der Waals surface area contributed by atoms with E-state index in [0.29, 0.717) is 16.7 Å². The van der Waals surface area contributed by atoms with Gasteiger partial charge in [-0.25, -0.2) is 13.1 Å². The van der Waals surface area contributed by atoms with Crippen molar-refractivity contribution >= 4 is 21.6 Å². The molecule has 1 aromatic rings. The van der Waals surface area contributed by atoms with Crippen molar-refractivity contribution in [3.63, 3.8) is 0 Å². The zero-order chi connectivity index (χ0) is 14.8. The van der Waals surface area contributed by atoms with E-state index in [1.54, 1.807) is 12.1 Å². The third-order valence-corrected chi connectivity index (χ3v) is 5.58. The lowest BCUT2D eigenvalue weighted by Gasteiger charge is -2.29. The minimum Gasteiger partial charge on any atom is -0.495 e. The molecular weight excluding hydrogens is 298 g/mol. The monoisotopic (exact) mass is 317 g/mol. The summed E-state index contributed by atoms with van der Waals surface area (Å²) in [4.78, 5) is 0.102. The fraction of sp³-hybridized carbons (Fsp3) is 0.571. The quantitative estimate of drug-likeness (QED) is 0.927. The lowest BCUT2D eigenvalue weighted by molar-refractivity contribution is 0.310. The molecule has 4 nitrogen and oxygen atoms in total. The maximum atomic E-state index is 12.5. The van der Waals surface area contributed by atoms with Gasteiger partial charge in [0.2, 0.25) is 10.0 Å². The summed E-state index contributed by atoms with van der Waals surface area (Å²) in [6, 6.07) is 4.59. The van der Waals surface area contributed by atoms with Gasteiger partial charge < -0.3 is 4.74 Å². The molecule has 1 aliphatic rings. The van der Waals surface area contributed by atoms with Crippen LogP contribution in [0, 0.1) is 5.92 Å². The summed E-state index contributed by atoms with van der Waals surface area (Å²) in [7, 11) is -2.17. The second-order valence-electron chi connectivity index (χ2n) is 5.28. The van der Waals surface area contributed by atoms with E-state index < -0.39 is 10.0 Å². The molecule has 0 heterocycles. The Morgan fingerprint density at radius 1 is 1.30 bits per heavy atom. The summed E-state index contributed by atoms with van der Waals surface area (Å²) in [5.74, 6) is 0.661. The molecular formula is C14H20ClNO3S. The smallest absolute Gasteiger partial charge is 0.244 e. The molecule has 20 heavy (non-hydrogen) atoms. The Balaban J connectivity index is 2.28. The van der Waals surface area contributed by atoms with Crippen molar-refractivity contribution in [3.05, 3.63) is 23.2 Å². The molecule has 0 amide bonds. The molecule has 0 bridgehead atoms. The highest BCUT2D eigenvalue weighted by Crippen LogP contribution is 2.29. The first kappa shape index (κ1) is 15.6. The highest BCUT2D eigenvalue weighted by atomic mass is 35.5. The van der Waals surface area contributed by atoms with Crippen LogP contribution in [0.15, 0.2) is 23.1 Å². The van der Waals surface area contributed by atoms with E-state index >= 15 is 0 Å². The molecule has 0 radical (unpaired) electrons. The molecule has 0 aromatic heterocycles. The lowest BCUT2D eigenvalue weighted by Crippen LogP contribution is -2.41. The topological polar surface area (TPSA) is 55.4 Å². The molecule has 112 valence electrons. The number of hydrogen-bond donors (Lipinski definition) is 1. The highest BCUT2D eigenvalue weighted by Gasteiger charge is 2.28. The summed E-state index contributed by atoms with van der Waals surface area (Å²) in [6.07, 6.45) is 4.16. The number of sulfonamides is 1. The number of hydrogen-bond acceptors (Lipinski definition) is 3. The van der Waals surface area contributed by atoms with Gasteiger partial charge in [0.1, 0.15) is 10.6 Å². The first-order valence-electron chi connectivity index (χ1n) is 6.80. The molecule has 2 atom stereocenters. The SMILES string of the molecule is COc1ccc(Cl)cc1S(=O)(=O)NC1CCCCC1C. The van der Waals surface area contributed by atoms with Gasteiger partial charge in [-0.3, -0.25) is 0 Å². The average molecular weight is 318 g/mol. The normalized spacial score (nSPS) is 23.6. The summed E-state index contributed by atoms with van der Waals surface area (Å²) in [6.45, 7) is 2.08. The zero-order valence-corrected chi connectivity index (χ0v) is 13.3. The van der Waals surface area contributed by atoms with Crippen LogP contribution in [-0.2, 0) is 10.0 Å². The number of benzene rings is 1. The molecule has 0 saturated heterocycles. The third-order valence-electron chi connectivity index (χ3n) is 3.83. The Morgan fingerprint density at radius 3 is 2.65 bits per heavy atom. The molecule has 1 N–H and O–H groups in total. The molecule has 0 aliphatic heterocycles. The van der Waals surface area contributed by atoms with Crippen molar-refractivity contribution < 1.29 is 13.2 Å². The van der Waals surface area contributed by atoms with Crippen molar-refractivity contribution in [3.8, 4) is 5.75 Å². The number of rotatable bonds is 4. The first-order chi connectivity index (χ1) is 9.44. The summed E-state index contributed by atoms with van der Waals surface area (Å²) in [5, 5.41) is 0.378. The van der Waals surface area contributed by atoms with E-state index in [9.17, 15) is 8.42 Å². The van der Waals surface area contributed by atoms with E-state index in [1.807, 2.05) is 0 Å². The maximum absolute atomic E-state index is 12.5. The van der Waals surface area contributed by atoms with Gasteiger partial charge in [-0.1, -0.05) is 31.4 Å². The predicted molar refractivity (Wildman–Crippen MR) is 79.7 cm³/mol. The zero-order valence-electron chi connectivity index (χ0n) is 11.7. The van der Waals surface area contributed by atoms with Gasteiger partial charge in [0.25, 0.3) is 0 Å². The van der Waals surface area contributed by atoms with Crippen molar-refractivity contribution in [1.82, 2.24) is 4.72 Å². The van der Waals surface area contributed by atoms with Gasteiger partial charge in [0.05, 0.1) is 7.11 Å². The van der Waals surface area contributed by atoms with Gasteiger partial charge in [0, 0.05) is 11.1 Å². The van der Waals surface area contributed by atoms with E-state index in [0.717, 1.165) is 19.3 Å². The van der Waals surface area contributed by atoms with Crippen LogP contribution in [0.4, 0.5) is 0 Å². The molecule has 2 rings (SSSR count). The second-order valence-corrected chi connectivity index (χ2v) is 7.40. The van der Waals surface area contributed by atoms with Crippen LogP contribution in [0.25, 0.3) is 0 Å². The summed E-state index contributed by atoms with van der Waals surface area (Å²) >= 11 is 5.90. The number of halogens is 1. The molecule has 1 aromatic carbocycles. The Labute approximate surface area is 125 Å². The maximum Gasteiger partial charge on any atom is 0.244 e. The van der Waals surface area contributed by atoms with Gasteiger partial charge in [-0.05, 0) is 37.0 Å². The Hall–Kier alpha value is -0.780. The van der Waals surface area contributed by atoms with E-state index in [2.05, 4.69) is 11.6 Å².